The normalized spacial score (nSPS) is 17.9. The number of aliphatic hydroxyl groups excluding tert-OH is 1. The summed E-state index contributed by atoms with van der Waals surface area (Å²) in [4.78, 5) is 27.7. The van der Waals surface area contributed by atoms with Crippen LogP contribution in [0.3, 0.4) is 0 Å². The van der Waals surface area contributed by atoms with Gasteiger partial charge in [0.05, 0.1) is 30.4 Å². The van der Waals surface area contributed by atoms with Gasteiger partial charge in [-0.05, 0) is 55.0 Å². The largest absolute Gasteiger partial charge is 0.507 e. The minimum Gasteiger partial charge on any atom is -0.507 e. The van der Waals surface area contributed by atoms with Gasteiger partial charge in [-0.2, -0.15) is 0 Å². The molecule has 188 valence electrons. The highest BCUT2D eigenvalue weighted by molar-refractivity contribution is 6.46. The molecule has 7 heteroatoms. The van der Waals surface area contributed by atoms with Crippen molar-refractivity contribution in [2.45, 2.75) is 58.6 Å². The van der Waals surface area contributed by atoms with Gasteiger partial charge in [-0.1, -0.05) is 45.0 Å². The summed E-state index contributed by atoms with van der Waals surface area (Å²) in [5, 5.41) is 11.2. The molecule has 1 aliphatic rings. The number of Topliss-reactive ketones (excluding diaryl/α,β-unsaturated/α-hetero) is 1. The number of ether oxygens (including phenoxy) is 2. The number of methoxy groups -OCH3 is 1. The van der Waals surface area contributed by atoms with E-state index in [1.807, 2.05) is 38.1 Å². The summed E-state index contributed by atoms with van der Waals surface area (Å²) in [6.07, 6.45) is 0.567. The highest BCUT2D eigenvalue weighted by Gasteiger charge is 2.46. The third kappa shape index (κ3) is 5.73. The van der Waals surface area contributed by atoms with Gasteiger partial charge in [-0.3, -0.25) is 9.59 Å². The summed E-state index contributed by atoms with van der Waals surface area (Å²) in [5.41, 5.74) is 1.62. The van der Waals surface area contributed by atoms with Gasteiger partial charge in [0.25, 0.3) is 11.7 Å². The van der Waals surface area contributed by atoms with Crippen LogP contribution in [0.2, 0.25) is 0 Å². The fourth-order valence-electron chi connectivity index (χ4n) is 4.19. The average molecular weight is 484 g/mol. The zero-order chi connectivity index (χ0) is 25.9. The highest BCUT2D eigenvalue weighted by Crippen LogP contribution is 2.41. The Morgan fingerprint density at radius 2 is 1.77 bits per heavy atom. The van der Waals surface area contributed by atoms with Crippen molar-refractivity contribution in [1.82, 2.24) is 4.90 Å². The molecule has 0 saturated carbocycles. The molecule has 0 aromatic heterocycles. The summed E-state index contributed by atoms with van der Waals surface area (Å²) in [6.45, 7) is 10.8. The Bertz CT molecular complexity index is 1120. The first kappa shape index (κ1) is 26.4. The molecule has 1 amide bonds. The van der Waals surface area contributed by atoms with E-state index in [0.29, 0.717) is 18.6 Å². The summed E-state index contributed by atoms with van der Waals surface area (Å²) in [6, 6.07) is 10.5. The molecule has 1 saturated heterocycles. The lowest BCUT2D eigenvalue weighted by Gasteiger charge is -2.27. The molecule has 2 aromatic rings. The number of benzene rings is 2. The first-order chi connectivity index (χ1) is 16.5. The zero-order valence-electron chi connectivity index (χ0n) is 21.2. The lowest BCUT2D eigenvalue weighted by molar-refractivity contribution is -0.140. The number of carbonyl (C=O) groups is 2. The van der Waals surface area contributed by atoms with E-state index in [1.54, 1.807) is 0 Å². The fourth-order valence-corrected chi connectivity index (χ4v) is 4.19. The van der Waals surface area contributed by atoms with E-state index in [2.05, 4.69) is 20.8 Å². The molecule has 0 aliphatic carbocycles. The number of nitrogens with zero attached hydrogens (tertiary/aromatic N) is 1. The number of rotatable bonds is 8. The third-order valence-electron chi connectivity index (χ3n) is 6.04. The molecule has 0 spiro atoms. The Hall–Kier alpha value is -3.19. The van der Waals surface area contributed by atoms with Crippen LogP contribution in [0.25, 0.3) is 5.76 Å². The predicted octanol–water partition coefficient (Wildman–Crippen LogP) is 5.37. The summed E-state index contributed by atoms with van der Waals surface area (Å²) in [5.74, 6) is -2.40. The first-order valence-electron chi connectivity index (χ1n) is 11.8. The van der Waals surface area contributed by atoms with Crippen molar-refractivity contribution in [3.63, 3.8) is 0 Å². The van der Waals surface area contributed by atoms with Crippen LogP contribution in [-0.2, 0) is 19.7 Å². The maximum Gasteiger partial charge on any atom is 0.295 e. The van der Waals surface area contributed by atoms with E-state index < -0.39 is 29.3 Å². The van der Waals surface area contributed by atoms with Crippen LogP contribution >= 0.6 is 0 Å². The van der Waals surface area contributed by atoms with Crippen molar-refractivity contribution in [3.05, 3.63) is 70.5 Å². The van der Waals surface area contributed by atoms with Gasteiger partial charge < -0.3 is 19.5 Å². The van der Waals surface area contributed by atoms with Crippen LogP contribution in [0.5, 0.6) is 5.75 Å². The second-order valence-electron chi connectivity index (χ2n) is 9.98. The number of hydrogen-bond acceptors (Lipinski definition) is 5. The minimum atomic E-state index is -0.823. The van der Waals surface area contributed by atoms with Gasteiger partial charge in [0.1, 0.15) is 17.3 Å². The molecular weight excluding hydrogens is 449 g/mol. The molecule has 0 bridgehead atoms. The van der Waals surface area contributed by atoms with Crippen molar-refractivity contribution in [1.29, 1.82) is 0 Å². The third-order valence-corrected chi connectivity index (χ3v) is 6.04. The van der Waals surface area contributed by atoms with E-state index in [9.17, 15) is 19.1 Å². The predicted molar refractivity (Wildman–Crippen MR) is 133 cm³/mol. The molecule has 1 aliphatic heterocycles. The standard InChI is InChI=1S/C28H34FNO5/c1-17(2)35-15-7-14-30-24(18-8-10-19(11-9-18)28(3,4)5)23(26(32)27(30)33)25(31)21-16-20(29)12-13-22(21)34-6/h8-13,16-17,24,31H,7,14-15H2,1-6H3/b25-23+. The molecule has 1 heterocycles. The Labute approximate surface area is 206 Å². The van der Waals surface area contributed by atoms with Gasteiger partial charge >= 0.3 is 0 Å². The molecule has 35 heavy (non-hydrogen) atoms. The summed E-state index contributed by atoms with van der Waals surface area (Å²) < 4.78 is 24.9. The topological polar surface area (TPSA) is 76.1 Å². The second-order valence-corrected chi connectivity index (χ2v) is 9.98. The maximum absolute atomic E-state index is 14.1. The van der Waals surface area contributed by atoms with Crippen LogP contribution in [0, 0.1) is 5.82 Å². The van der Waals surface area contributed by atoms with Crippen molar-refractivity contribution < 1.29 is 28.6 Å². The van der Waals surface area contributed by atoms with E-state index in [0.717, 1.165) is 11.6 Å². The molecule has 1 atom stereocenters. The molecule has 1 fully saturated rings. The Morgan fingerprint density at radius 3 is 2.34 bits per heavy atom. The number of halogens is 1. The van der Waals surface area contributed by atoms with Gasteiger partial charge in [0.2, 0.25) is 0 Å². The quantitative estimate of drug-likeness (QED) is 0.237. The van der Waals surface area contributed by atoms with Crippen LogP contribution < -0.4 is 4.74 Å². The van der Waals surface area contributed by atoms with Crippen LogP contribution in [-0.4, -0.2) is 48.1 Å². The lowest BCUT2D eigenvalue weighted by atomic mass is 9.85. The van der Waals surface area contributed by atoms with Gasteiger partial charge in [0, 0.05) is 13.2 Å². The van der Waals surface area contributed by atoms with Crippen molar-refractivity contribution in [2.75, 3.05) is 20.3 Å². The van der Waals surface area contributed by atoms with Gasteiger partial charge in [0.15, 0.2) is 0 Å². The zero-order valence-corrected chi connectivity index (χ0v) is 21.2. The van der Waals surface area contributed by atoms with E-state index in [1.165, 1.54) is 24.1 Å². The minimum absolute atomic E-state index is 0.0185. The summed E-state index contributed by atoms with van der Waals surface area (Å²) >= 11 is 0. The van der Waals surface area contributed by atoms with E-state index in [4.69, 9.17) is 9.47 Å². The first-order valence-corrected chi connectivity index (χ1v) is 11.8. The van der Waals surface area contributed by atoms with Crippen molar-refractivity contribution >= 4 is 17.4 Å². The van der Waals surface area contributed by atoms with Crippen molar-refractivity contribution in [3.8, 4) is 5.75 Å². The number of carbonyl (C=O) groups excluding carboxylic acids is 2. The monoisotopic (exact) mass is 483 g/mol. The highest BCUT2D eigenvalue weighted by atomic mass is 19.1. The fraction of sp³-hybridized carbons (Fsp3) is 0.429. The van der Waals surface area contributed by atoms with Crippen molar-refractivity contribution in [2.24, 2.45) is 0 Å². The second kappa shape index (κ2) is 10.6. The number of likely N-dealkylation sites (tertiary alicyclic amines) is 1. The molecular formula is C28H34FNO5. The Balaban J connectivity index is 2.12. The summed E-state index contributed by atoms with van der Waals surface area (Å²) in [7, 11) is 1.39. The molecule has 0 radical (unpaired) electrons. The maximum atomic E-state index is 14.1. The van der Waals surface area contributed by atoms with Crippen LogP contribution in [0.1, 0.15) is 63.8 Å². The SMILES string of the molecule is COc1ccc(F)cc1/C(O)=C1\C(=O)C(=O)N(CCCOC(C)C)C1c1ccc(C(C)(C)C)cc1. The number of ketones is 1. The number of amides is 1. The smallest absolute Gasteiger partial charge is 0.295 e. The van der Waals surface area contributed by atoms with Crippen LogP contribution in [0.4, 0.5) is 4.39 Å². The van der Waals surface area contributed by atoms with Gasteiger partial charge in [-0.25, -0.2) is 4.39 Å². The van der Waals surface area contributed by atoms with Crippen LogP contribution in [0.15, 0.2) is 48.0 Å². The van der Waals surface area contributed by atoms with Gasteiger partial charge in [-0.15, -0.1) is 0 Å². The average Bonchev–Trinajstić information content (AvgIpc) is 3.05. The number of aliphatic hydroxyl groups is 1. The lowest BCUT2D eigenvalue weighted by Crippen LogP contribution is -2.31. The van der Waals surface area contributed by atoms with E-state index >= 15 is 0 Å². The van der Waals surface area contributed by atoms with E-state index in [-0.39, 0.29) is 34.9 Å². The Kier molecular flexibility index (Phi) is 8.00. The molecule has 1 N–H and O–H groups in total. The molecule has 2 aromatic carbocycles. The molecule has 3 rings (SSSR count). The molecule has 1 unspecified atom stereocenters. The molecule has 6 nitrogen and oxygen atoms in total. The number of hydrogen-bond donors (Lipinski definition) is 1. The Morgan fingerprint density at radius 1 is 1.11 bits per heavy atom.